The number of hydrazone groups is 1. The Hall–Kier alpha value is -3.39. The largest absolute Gasteiger partial charge is 0.401 e. The van der Waals surface area contributed by atoms with E-state index in [0.717, 1.165) is 11.3 Å². The van der Waals surface area contributed by atoms with Crippen LogP contribution in [0.5, 0.6) is 0 Å². The average molecular weight is 342 g/mol. The molecule has 2 aromatic carbocycles. The van der Waals surface area contributed by atoms with Gasteiger partial charge in [0.2, 0.25) is 0 Å². The van der Waals surface area contributed by atoms with E-state index in [2.05, 4.69) is 6.07 Å². The predicted molar refractivity (Wildman–Crippen MR) is 100 cm³/mol. The summed E-state index contributed by atoms with van der Waals surface area (Å²) < 4.78 is 0. The van der Waals surface area contributed by atoms with E-state index in [0.29, 0.717) is 36.2 Å². The molecule has 0 saturated heterocycles. The Labute approximate surface area is 152 Å². The topological polar surface area (TPSA) is 82.5 Å². The van der Waals surface area contributed by atoms with Crippen LogP contribution in [0.3, 0.4) is 0 Å². The Morgan fingerprint density at radius 1 is 1.08 bits per heavy atom. The number of allylic oxidation sites excluding steroid dienone is 2. The van der Waals surface area contributed by atoms with Crippen molar-refractivity contribution in [3.8, 4) is 6.07 Å². The van der Waals surface area contributed by atoms with Crippen LogP contribution in [0.25, 0.3) is 0 Å². The summed E-state index contributed by atoms with van der Waals surface area (Å²) in [7, 11) is 0. The number of hydrogen-bond acceptors (Lipinski definition) is 4. The number of carbonyl (C=O) groups is 1. The standard InChI is InChI=1S/C21H18N4O/c22-14-16-13-21(12-11-18(16)23)19(15-7-3-1-4-8-15)24-25(20(21)26)17-9-5-2-6-10-17/h1-10H,11-13,23H2. The minimum Gasteiger partial charge on any atom is -0.401 e. The number of amides is 1. The van der Waals surface area contributed by atoms with Gasteiger partial charge < -0.3 is 5.73 Å². The van der Waals surface area contributed by atoms with Gasteiger partial charge in [0.25, 0.3) is 5.91 Å². The molecule has 1 heterocycles. The van der Waals surface area contributed by atoms with E-state index in [1.165, 1.54) is 5.01 Å². The third-order valence-electron chi connectivity index (χ3n) is 5.13. The Bertz CT molecular complexity index is 957. The molecule has 2 N–H and O–H groups in total. The summed E-state index contributed by atoms with van der Waals surface area (Å²) in [5.41, 5.74) is 8.58. The highest BCUT2D eigenvalue weighted by atomic mass is 16.2. The number of carbonyl (C=O) groups excluding carboxylic acids is 1. The zero-order chi connectivity index (χ0) is 18.1. The van der Waals surface area contributed by atoms with Crippen molar-refractivity contribution in [3.63, 3.8) is 0 Å². The smallest absolute Gasteiger partial charge is 0.260 e. The number of nitrogens with zero attached hydrogens (tertiary/aromatic N) is 3. The lowest BCUT2D eigenvalue weighted by atomic mass is 9.68. The molecular weight excluding hydrogens is 324 g/mol. The molecule has 0 saturated carbocycles. The van der Waals surface area contributed by atoms with Crippen LogP contribution < -0.4 is 10.7 Å². The first kappa shape index (κ1) is 16.1. The molecular formula is C21H18N4O. The van der Waals surface area contributed by atoms with E-state index < -0.39 is 5.41 Å². The zero-order valence-electron chi connectivity index (χ0n) is 14.2. The number of benzene rings is 2. The van der Waals surface area contributed by atoms with E-state index in [1.54, 1.807) is 0 Å². The maximum atomic E-state index is 13.5. The molecule has 1 atom stereocenters. The van der Waals surface area contributed by atoms with Gasteiger partial charge in [0, 0.05) is 17.7 Å². The first-order valence-corrected chi connectivity index (χ1v) is 8.57. The van der Waals surface area contributed by atoms with Crippen molar-refractivity contribution >= 4 is 17.3 Å². The molecule has 0 bridgehead atoms. The maximum absolute atomic E-state index is 13.5. The molecule has 26 heavy (non-hydrogen) atoms. The molecule has 0 radical (unpaired) electrons. The van der Waals surface area contributed by atoms with Crippen molar-refractivity contribution in [3.05, 3.63) is 77.5 Å². The molecule has 1 aliphatic heterocycles. The van der Waals surface area contributed by atoms with Crippen LogP contribution in [0.15, 0.2) is 77.0 Å². The Morgan fingerprint density at radius 3 is 2.38 bits per heavy atom. The molecule has 1 amide bonds. The Morgan fingerprint density at radius 2 is 1.73 bits per heavy atom. The molecule has 0 fully saturated rings. The van der Waals surface area contributed by atoms with Crippen molar-refractivity contribution < 1.29 is 4.79 Å². The van der Waals surface area contributed by atoms with Gasteiger partial charge in [-0.2, -0.15) is 15.4 Å². The second-order valence-corrected chi connectivity index (χ2v) is 6.64. The van der Waals surface area contributed by atoms with Gasteiger partial charge >= 0.3 is 0 Å². The lowest BCUT2D eigenvalue weighted by Crippen LogP contribution is -2.43. The third kappa shape index (κ3) is 2.39. The fourth-order valence-corrected chi connectivity index (χ4v) is 3.72. The number of para-hydroxylation sites is 1. The number of nitriles is 1. The first-order valence-electron chi connectivity index (χ1n) is 8.57. The van der Waals surface area contributed by atoms with Crippen LogP contribution in [-0.2, 0) is 4.79 Å². The van der Waals surface area contributed by atoms with Crippen LogP contribution in [-0.4, -0.2) is 11.6 Å². The van der Waals surface area contributed by atoms with Crippen molar-refractivity contribution in [2.45, 2.75) is 19.3 Å². The predicted octanol–water partition coefficient (Wildman–Crippen LogP) is 3.34. The lowest BCUT2D eigenvalue weighted by Gasteiger charge is -2.33. The van der Waals surface area contributed by atoms with E-state index >= 15 is 0 Å². The highest BCUT2D eigenvalue weighted by molar-refractivity contribution is 6.25. The van der Waals surface area contributed by atoms with Crippen molar-refractivity contribution in [1.82, 2.24) is 0 Å². The van der Waals surface area contributed by atoms with Crippen LogP contribution in [0, 0.1) is 16.7 Å². The summed E-state index contributed by atoms with van der Waals surface area (Å²) in [5, 5.41) is 15.7. The molecule has 1 aliphatic carbocycles. The third-order valence-corrected chi connectivity index (χ3v) is 5.13. The normalized spacial score (nSPS) is 22.5. The summed E-state index contributed by atoms with van der Waals surface area (Å²) in [6.07, 6.45) is 1.37. The first-order chi connectivity index (χ1) is 12.7. The van der Waals surface area contributed by atoms with Gasteiger partial charge in [-0.25, -0.2) is 0 Å². The molecule has 5 heteroatoms. The number of anilines is 1. The van der Waals surface area contributed by atoms with E-state index in [4.69, 9.17) is 10.8 Å². The highest BCUT2D eigenvalue weighted by Gasteiger charge is 2.53. The van der Waals surface area contributed by atoms with Crippen LogP contribution >= 0.6 is 0 Å². The summed E-state index contributed by atoms with van der Waals surface area (Å²) in [6.45, 7) is 0. The fourth-order valence-electron chi connectivity index (χ4n) is 3.72. The van der Waals surface area contributed by atoms with Gasteiger partial charge in [0.15, 0.2) is 0 Å². The van der Waals surface area contributed by atoms with E-state index in [9.17, 15) is 10.1 Å². The van der Waals surface area contributed by atoms with Gasteiger partial charge in [-0.15, -0.1) is 0 Å². The van der Waals surface area contributed by atoms with Crippen molar-refractivity contribution in [1.29, 1.82) is 5.26 Å². The monoisotopic (exact) mass is 342 g/mol. The van der Waals surface area contributed by atoms with Crippen LogP contribution in [0.1, 0.15) is 24.8 Å². The van der Waals surface area contributed by atoms with Gasteiger partial charge in [-0.05, 0) is 30.5 Å². The van der Waals surface area contributed by atoms with Crippen LogP contribution in [0.4, 0.5) is 5.69 Å². The molecule has 128 valence electrons. The zero-order valence-corrected chi connectivity index (χ0v) is 14.2. The number of rotatable bonds is 2. The van der Waals surface area contributed by atoms with Crippen molar-refractivity contribution in [2.75, 3.05) is 5.01 Å². The molecule has 1 unspecified atom stereocenters. The molecule has 2 aliphatic rings. The number of nitrogens with two attached hydrogens (primary N) is 1. The summed E-state index contributed by atoms with van der Waals surface area (Å²) >= 11 is 0. The minimum absolute atomic E-state index is 0.0946. The molecule has 4 rings (SSSR count). The summed E-state index contributed by atoms with van der Waals surface area (Å²) in [6, 6.07) is 21.3. The van der Waals surface area contributed by atoms with Gasteiger partial charge in [-0.3, -0.25) is 4.79 Å². The average Bonchev–Trinajstić information content (AvgIpc) is 2.97. The van der Waals surface area contributed by atoms with Crippen LogP contribution in [0.2, 0.25) is 0 Å². The second kappa shape index (κ2) is 6.16. The quantitative estimate of drug-likeness (QED) is 0.908. The molecule has 0 aromatic heterocycles. The van der Waals surface area contributed by atoms with Crippen molar-refractivity contribution in [2.24, 2.45) is 16.3 Å². The van der Waals surface area contributed by atoms with E-state index in [-0.39, 0.29) is 5.91 Å². The summed E-state index contributed by atoms with van der Waals surface area (Å²) in [4.78, 5) is 13.5. The van der Waals surface area contributed by atoms with E-state index in [1.807, 2.05) is 60.7 Å². The Kier molecular flexibility index (Phi) is 3.81. The van der Waals surface area contributed by atoms with Gasteiger partial charge in [0.1, 0.15) is 5.41 Å². The lowest BCUT2D eigenvalue weighted by molar-refractivity contribution is -0.124. The molecule has 1 spiro atoms. The fraction of sp³-hybridized carbons (Fsp3) is 0.190. The number of hydrogen-bond donors (Lipinski definition) is 1. The Balaban J connectivity index is 1.86. The highest BCUT2D eigenvalue weighted by Crippen LogP contribution is 2.46. The minimum atomic E-state index is -0.842. The SMILES string of the molecule is N#CC1=C(N)CCC2(C1)C(=O)N(c1ccccc1)N=C2c1ccccc1. The molecule has 2 aromatic rings. The van der Waals surface area contributed by atoms with Gasteiger partial charge in [0.05, 0.1) is 17.5 Å². The summed E-state index contributed by atoms with van der Waals surface area (Å²) in [5.74, 6) is -0.0946. The second-order valence-electron chi connectivity index (χ2n) is 6.64. The maximum Gasteiger partial charge on any atom is 0.260 e. The van der Waals surface area contributed by atoms with Gasteiger partial charge in [-0.1, -0.05) is 48.5 Å². The molecule has 5 nitrogen and oxygen atoms in total.